The summed E-state index contributed by atoms with van der Waals surface area (Å²) in [6.07, 6.45) is 3.47. The molecule has 0 unspecified atom stereocenters. The monoisotopic (exact) mass is 439 g/mol. The summed E-state index contributed by atoms with van der Waals surface area (Å²) in [5, 5.41) is 6.08. The minimum Gasteiger partial charge on any atom is -0.381 e. The molecule has 0 aromatic heterocycles. The molecule has 1 saturated carbocycles. The van der Waals surface area contributed by atoms with Crippen LogP contribution in [-0.4, -0.2) is 32.8 Å². The summed E-state index contributed by atoms with van der Waals surface area (Å²) in [6, 6.07) is 3.41. The van der Waals surface area contributed by atoms with E-state index in [-0.39, 0.29) is 36.1 Å². The van der Waals surface area contributed by atoms with E-state index in [1.54, 1.807) is 7.05 Å². The van der Waals surface area contributed by atoms with Gasteiger partial charge >= 0.3 is 0 Å². The number of hydrogen-bond acceptors (Lipinski definition) is 2. The highest BCUT2D eigenvalue weighted by atomic mass is 127. The molecule has 4 nitrogen and oxygen atoms in total. The number of nitrogens with zero attached hydrogens (tertiary/aromatic N) is 1. The molecule has 0 saturated heterocycles. The van der Waals surface area contributed by atoms with Gasteiger partial charge in [0.1, 0.15) is 11.6 Å². The quantitative estimate of drug-likeness (QED) is 0.283. The van der Waals surface area contributed by atoms with Crippen molar-refractivity contribution in [1.82, 2.24) is 10.6 Å². The molecule has 130 valence electrons. The van der Waals surface area contributed by atoms with Crippen molar-refractivity contribution >= 4 is 29.9 Å². The van der Waals surface area contributed by atoms with Crippen LogP contribution in [0.5, 0.6) is 0 Å². The van der Waals surface area contributed by atoms with Gasteiger partial charge in [-0.25, -0.2) is 8.78 Å². The summed E-state index contributed by atoms with van der Waals surface area (Å²) in [4.78, 5) is 4.05. The number of guanidine groups is 1. The average Bonchev–Trinajstić information content (AvgIpc) is 3.33. The Morgan fingerprint density at radius 1 is 1.30 bits per heavy atom. The number of halogens is 3. The Labute approximate surface area is 153 Å². The second-order valence-corrected chi connectivity index (χ2v) is 5.46. The van der Waals surface area contributed by atoms with Gasteiger partial charge in [0.05, 0.1) is 0 Å². The van der Waals surface area contributed by atoms with Crippen molar-refractivity contribution in [2.24, 2.45) is 10.9 Å². The molecule has 2 N–H and O–H groups in total. The normalized spacial score (nSPS) is 14.3. The van der Waals surface area contributed by atoms with Gasteiger partial charge in [-0.2, -0.15) is 0 Å². The molecular weight excluding hydrogens is 415 g/mol. The van der Waals surface area contributed by atoms with Gasteiger partial charge in [-0.15, -0.1) is 24.0 Å². The first kappa shape index (κ1) is 20.1. The Morgan fingerprint density at radius 2 is 2.09 bits per heavy atom. The third-order valence-electron chi connectivity index (χ3n) is 3.49. The van der Waals surface area contributed by atoms with Crippen LogP contribution < -0.4 is 10.6 Å². The first-order valence-electron chi connectivity index (χ1n) is 7.65. The fraction of sp³-hybridized carbons (Fsp3) is 0.562. The van der Waals surface area contributed by atoms with E-state index >= 15 is 0 Å². The molecule has 2 rings (SSSR count). The number of hydrogen-bond donors (Lipinski definition) is 2. The molecule has 0 bridgehead atoms. The SMILES string of the molecule is CN=C(NCCCOCC1CC1)NCc1cc(F)ccc1F.I. The van der Waals surface area contributed by atoms with Crippen molar-refractivity contribution in [3.8, 4) is 0 Å². The minimum absolute atomic E-state index is 0. The maximum atomic E-state index is 13.5. The van der Waals surface area contributed by atoms with Crippen molar-refractivity contribution in [3.63, 3.8) is 0 Å². The number of rotatable bonds is 8. The Bertz CT molecular complexity index is 510. The molecule has 1 fully saturated rings. The third-order valence-corrected chi connectivity index (χ3v) is 3.49. The number of aliphatic imine (C=N–C) groups is 1. The van der Waals surface area contributed by atoms with Gasteiger partial charge in [-0.1, -0.05) is 0 Å². The first-order chi connectivity index (χ1) is 10.7. The van der Waals surface area contributed by atoms with Crippen LogP contribution in [0.4, 0.5) is 8.78 Å². The predicted octanol–water partition coefficient (Wildman–Crippen LogP) is 3.06. The summed E-state index contributed by atoms with van der Waals surface area (Å²) in [5.74, 6) is 0.459. The summed E-state index contributed by atoms with van der Waals surface area (Å²) in [6.45, 7) is 2.49. The van der Waals surface area contributed by atoms with Gasteiger partial charge in [0.2, 0.25) is 0 Å². The molecule has 0 aliphatic heterocycles. The van der Waals surface area contributed by atoms with Gasteiger partial charge in [0, 0.05) is 38.9 Å². The number of ether oxygens (including phenoxy) is 1. The smallest absolute Gasteiger partial charge is 0.191 e. The van der Waals surface area contributed by atoms with Crippen molar-refractivity contribution in [2.75, 3.05) is 26.8 Å². The fourth-order valence-electron chi connectivity index (χ4n) is 1.99. The summed E-state index contributed by atoms with van der Waals surface area (Å²) < 4.78 is 32.1. The summed E-state index contributed by atoms with van der Waals surface area (Å²) in [5.41, 5.74) is 0.274. The van der Waals surface area contributed by atoms with Crippen molar-refractivity contribution < 1.29 is 13.5 Å². The van der Waals surface area contributed by atoms with Gasteiger partial charge in [-0.05, 0) is 43.4 Å². The lowest BCUT2D eigenvalue weighted by Gasteiger charge is -2.12. The highest BCUT2D eigenvalue weighted by Gasteiger charge is 2.20. The fourth-order valence-corrected chi connectivity index (χ4v) is 1.99. The molecule has 1 aliphatic carbocycles. The molecule has 23 heavy (non-hydrogen) atoms. The standard InChI is InChI=1S/C16H23F2N3O.HI/c1-19-16(20-7-2-8-22-11-12-3-4-12)21-10-13-9-14(17)5-6-15(13)18;/h5-6,9,12H,2-4,7-8,10-11H2,1H3,(H2,19,20,21);1H. The second kappa shape index (κ2) is 10.7. The van der Waals surface area contributed by atoms with E-state index < -0.39 is 11.6 Å². The molecule has 0 amide bonds. The Hall–Kier alpha value is -0.960. The second-order valence-electron chi connectivity index (χ2n) is 5.46. The molecule has 1 aromatic carbocycles. The molecule has 0 radical (unpaired) electrons. The maximum Gasteiger partial charge on any atom is 0.191 e. The predicted molar refractivity (Wildman–Crippen MR) is 98.1 cm³/mol. The number of nitrogens with one attached hydrogen (secondary N) is 2. The lowest BCUT2D eigenvalue weighted by molar-refractivity contribution is 0.123. The van der Waals surface area contributed by atoms with Crippen LogP contribution in [0.2, 0.25) is 0 Å². The van der Waals surface area contributed by atoms with Crippen LogP contribution in [0.15, 0.2) is 23.2 Å². The van der Waals surface area contributed by atoms with Gasteiger partial charge in [-0.3, -0.25) is 4.99 Å². The number of benzene rings is 1. The zero-order chi connectivity index (χ0) is 15.8. The highest BCUT2D eigenvalue weighted by molar-refractivity contribution is 14.0. The van der Waals surface area contributed by atoms with Crippen molar-refractivity contribution in [3.05, 3.63) is 35.4 Å². The van der Waals surface area contributed by atoms with Gasteiger partial charge in [0.15, 0.2) is 5.96 Å². The maximum absolute atomic E-state index is 13.5. The van der Waals surface area contributed by atoms with Crippen LogP contribution in [0.3, 0.4) is 0 Å². The molecule has 1 aliphatic rings. The van der Waals surface area contributed by atoms with E-state index in [2.05, 4.69) is 15.6 Å². The molecule has 7 heteroatoms. The summed E-state index contributed by atoms with van der Waals surface area (Å²) >= 11 is 0. The van der Waals surface area contributed by atoms with E-state index in [9.17, 15) is 8.78 Å². The lowest BCUT2D eigenvalue weighted by atomic mass is 10.2. The van der Waals surface area contributed by atoms with Crippen molar-refractivity contribution in [1.29, 1.82) is 0 Å². The molecular formula is C16H24F2IN3O. The zero-order valence-corrected chi connectivity index (χ0v) is 15.6. The van der Waals surface area contributed by atoms with Crippen LogP contribution in [0, 0.1) is 17.6 Å². The van der Waals surface area contributed by atoms with Crippen LogP contribution in [0.25, 0.3) is 0 Å². The van der Waals surface area contributed by atoms with Crippen molar-refractivity contribution in [2.45, 2.75) is 25.8 Å². The molecule has 1 aromatic rings. The Kier molecular flexibility index (Phi) is 9.39. The van der Waals surface area contributed by atoms with E-state index in [1.807, 2.05) is 0 Å². The summed E-state index contributed by atoms with van der Waals surface area (Å²) in [7, 11) is 1.64. The largest absolute Gasteiger partial charge is 0.381 e. The van der Waals surface area contributed by atoms with E-state index in [1.165, 1.54) is 18.9 Å². The first-order valence-corrected chi connectivity index (χ1v) is 7.65. The van der Waals surface area contributed by atoms with E-state index in [4.69, 9.17) is 4.74 Å². The highest BCUT2D eigenvalue weighted by Crippen LogP contribution is 2.28. The lowest BCUT2D eigenvalue weighted by Crippen LogP contribution is -2.37. The molecule has 0 heterocycles. The van der Waals surface area contributed by atoms with Gasteiger partial charge in [0.25, 0.3) is 0 Å². The van der Waals surface area contributed by atoms with Crippen LogP contribution in [0.1, 0.15) is 24.8 Å². The average molecular weight is 439 g/mol. The molecule has 0 atom stereocenters. The van der Waals surface area contributed by atoms with E-state index in [0.29, 0.717) is 5.96 Å². The van der Waals surface area contributed by atoms with E-state index in [0.717, 1.165) is 44.2 Å². The van der Waals surface area contributed by atoms with Crippen LogP contribution in [-0.2, 0) is 11.3 Å². The Balaban J connectivity index is 0.00000264. The third kappa shape index (κ3) is 7.92. The van der Waals surface area contributed by atoms with Gasteiger partial charge < -0.3 is 15.4 Å². The minimum atomic E-state index is -0.450. The Morgan fingerprint density at radius 3 is 2.78 bits per heavy atom. The topological polar surface area (TPSA) is 45.7 Å². The molecule has 0 spiro atoms. The zero-order valence-electron chi connectivity index (χ0n) is 13.3. The van der Waals surface area contributed by atoms with Crippen LogP contribution >= 0.6 is 24.0 Å².